The fraction of sp³-hybridized carbons (Fsp3) is 0.0400. The van der Waals surface area contributed by atoms with Crippen LogP contribution in [0.4, 0.5) is 11.4 Å². The molecule has 1 N–H and O–H groups in total. The molecule has 0 bridgehead atoms. The summed E-state index contributed by atoms with van der Waals surface area (Å²) >= 11 is 1.26. The number of rotatable bonds is 6. The van der Waals surface area contributed by atoms with Gasteiger partial charge < -0.3 is 14.3 Å². The molecule has 0 saturated heterocycles. The highest BCUT2D eigenvalue weighted by molar-refractivity contribution is 7.07. The van der Waals surface area contributed by atoms with E-state index in [0.717, 1.165) is 5.39 Å². The minimum absolute atomic E-state index is 0.0212. The zero-order chi connectivity index (χ0) is 24.4. The molecular formula is C25H18N4O5S. The molecule has 0 spiro atoms. The van der Waals surface area contributed by atoms with Crippen molar-refractivity contribution in [1.82, 2.24) is 4.68 Å². The van der Waals surface area contributed by atoms with Gasteiger partial charge in [0.1, 0.15) is 28.5 Å². The molecular weight excluding hydrogens is 468 g/mol. The third-order valence-corrected chi connectivity index (χ3v) is 6.02. The molecule has 0 unspecified atom stereocenters. The molecule has 0 atom stereocenters. The normalized spacial score (nSPS) is 12.0. The Morgan fingerprint density at radius 1 is 1.11 bits per heavy atom. The van der Waals surface area contributed by atoms with Gasteiger partial charge in [0.05, 0.1) is 18.2 Å². The van der Waals surface area contributed by atoms with E-state index in [2.05, 4.69) is 10.1 Å². The summed E-state index contributed by atoms with van der Waals surface area (Å²) in [6.07, 6.45) is 1.47. The summed E-state index contributed by atoms with van der Waals surface area (Å²) in [5.74, 6) is 1.13. The van der Waals surface area contributed by atoms with Crippen LogP contribution in [0.2, 0.25) is 0 Å². The Morgan fingerprint density at radius 2 is 1.91 bits per heavy atom. The van der Waals surface area contributed by atoms with E-state index in [0.29, 0.717) is 33.2 Å². The van der Waals surface area contributed by atoms with Crippen LogP contribution in [0.15, 0.2) is 92.7 Å². The molecule has 9 nitrogen and oxygen atoms in total. The third-order valence-electron chi connectivity index (χ3n) is 5.20. The number of phenolic OH excluding ortho intramolecular Hbond substituents is 1. The fourth-order valence-electron chi connectivity index (χ4n) is 3.47. The van der Waals surface area contributed by atoms with Gasteiger partial charge >= 0.3 is 0 Å². The maximum absolute atomic E-state index is 11.5. The van der Waals surface area contributed by atoms with E-state index in [1.165, 1.54) is 41.5 Å². The van der Waals surface area contributed by atoms with E-state index in [-0.39, 0.29) is 17.1 Å². The first kappa shape index (κ1) is 22.1. The van der Waals surface area contributed by atoms with Gasteiger partial charge in [0.25, 0.3) is 5.69 Å². The maximum atomic E-state index is 11.5. The zero-order valence-corrected chi connectivity index (χ0v) is 19.2. The first-order chi connectivity index (χ1) is 17.0. The molecule has 5 rings (SSSR count). The number of para-hydroxylation sites is 3. The number of thiazole rings is 1. The van der Waals surface area contributed by atoms with E-state index < -0.39 is 4.92 Å². The molecule has 0 aliphatic rings. The average molecular weight is 487 g/mol. The van der Waals surface area contributed by atoms with Crippen molar-refractivity contribution < 1.29 is 19.2 Å². The second kappa shape index (κ2) is 9.27. The Morgan fingerprint density at radius 3 is 2.71 bits per heavy atom. The lowest BCUT2D eigenvalue weighted by Gasteiger charge is -2.04. The number of hydrogen-bond donors (Lipinski definition) is 1. The molecule has 174 valence electrons. The number of methoxy groups -OCH3 is 1. The Bertz CT molecular complexity index is 1610. The van der Waals surface area contributed by atoms with Crippen molar-refractivity contribution in [2.24, 2.45) is 10.1 Å². The highest BCUT2D eigenvalue weighted by Gasteiger charge is 2.16. The number of aromatic hydroxyl groups is 1. The summed E-state index contributed by atoms with van der Waals surface area (Å²) in [7, 11) is 1.53. The molecule has 0 aliphatic carbocycles. The Hall–Kier alpha value is -4.70. The molecule has 0 aliphatic heterocycles. The first-order valence-electron chi connectivity index (χ1n) is 10.4. The van der Waals surface area contributed by atoms with Crippen molar-refractivity contribution in [1.29, 1.82) is 0 Å². The van der Waals surface area contributed by atoms with Crippen LogP contribution in [0.1, 0.15) is 5.56 Å². The predicted octanol–water partition coefficient (Wildman–Crippen LogP) is 5.70. The van der Waals surface area contributed by atoms with Crippen molar-refractivity contribution in [3.8, 4) is 23.0 Å². The lowest BCUT2D eigenvalue weighted by molar-refractivity contribution is -0.384. The van der Waals surface area contributed by atoms with Crippen LogP contribution in [0.25, 0.3) is 22.4 Å². The largest absolute Gasteiger partial charge is 0.507 e. The minimum atomic E-state index is -0.478. The van der Waals surface area contributed by atoms with Gasteiger partial charge in [-0.25, -0.2) is 9.67 Å². The van der Waals surface area contributed by atoms with Crippen molar-refractivity contribution in [3.63, 3.8) is 0 Å². The summed E-state index contributed by atoms with van der Waals surface area (Å²) < 4.78 is 12.8. The molecule has 0 amide bonds. The van der Waals surface area contributed by atoms with Crippen LogP contribution in [-0.4, -0.2) is 28.0 Å². The van der Waals surface area contributed by atoms with E-state index >= 15 is 0 Å². The average Bonchev–Trinajstić information content (AvgIpc) is 3.47. The number of phenols is 1. The van der Waals surface area contributed by atoms with Crippen molar-refractivity contribution in [2.75, 3.05) is 7.11 Å². The van der Waals surface area contributed by atoms with Crippen molar-refractivity contribution in [2.45, 2.75) is 0 Å². The molecule has 5 aromatic rings. The van der Waals surface area contributed by atoms with Crippen LogP contribution >= 0.6 is 11.3 Å². The molecule has 0 saturated carbocycles. The molecule has 10 heteroatoms. The number of ether oxygens (including phenoxy) is 1. The SMILES string of the molecule is COc1ccc(O)c(C=Nn2c(-c3cc4ccccc4o3)csc2=Nc2ccccc2[N+](=O)[O-])c1. The predicted molar refractivity (Wildman–Crippen MR) is 133 cm³/mol. The number of hydrogen-bond acceptors (Lipinski definition) is 8. The topological polar surface area (TPSA) is 115 Å². The van der Waals surface area contributed by atoms with E-state index in [4.69, 9.17) is 9.15 Å². The van der Waals surface area contributed by atoms with Gasteiger partial charge in [-0.15, -0.1) is 11.3 Å². The van der Waals surface area contributed by atoms with Crippen molar-refractivity contribution in [3.05, 3.63) is 98.7 Å². The number of benzene rings is 3. The molecule has 2 aromatic heterocycles. The second-order valence-electron chi connectivity index (χ2n) is 7.39. The standard InChI is InChI=1S/C25H18N4O5S/c1-33-18-10-11-22(30)17(12-18)14-26-28-21(24-13-16-6-2-5-9-23(16)34-24)15-35-25(28)27-19-7-3-4-8-20(19)29(31)32/h2-15,30H,1H3. The van der Waals surface area contributed by atoms with Gasteiger partial charge in [0, 0.05) is 22.4 Å². The summed E-state index contributed by atoms with van der Waals surface area (Å²) in [6.45, 7) is 0. The number of nitro groups is 1. The molecule has 0 fully saturated rings. The Balaban J connectivity index is 1.70. The highest BCUT2D eigenvalue weighted by atomic mass is 32.1. The number of nitrogens with zero attached hydrogens (tertiary/aromatic N) is 4. The lowest BCUT2D eigenvalue weighted by atomic mass is 10.2. The molecule has 3 aromatic carbocycles. The fourth-order valence-corrected chi connectivity index (χ4v) is 4.30. The quantitative estimate of drug-likeness (QED) is 0.188. The van der Waals surface area contributed by atoms with Gasteiger partial charge in [-0.05, 0) is 36.4 Å². The van der Waals surface area contributed by atoms with Gasteiger partial charge in [-0.2, -0.15) is 5.10 Å². The molecule has 35 heavy (non-hydrogen) atoms. The monoisotopic (exact) mass is 486 g/mol. The van der Waals surface area contributed by atoms with E-state index in [1.807, 2.05) is 35.7 Å². The van der Waals surface area contributed by atoms with Gasteiger partial charge in [-0.3, -0.25) is 10.1 Å². The molecule has 0 radical (unpaired) electrons. The second-order valence-corrected chi connectivity index (χ2v) is 8.23. The lowest BCUT2D eigenvalue weighted by Crippen LogP contribution is -2.11. The molecule has 2 heterocycles. The summed E-state index contributed by atoms with van der Waals surface area (Å²) in [5, 5.41) is 29.1. The van der Waals surface area contributed by atoms with Crippen LogP contribution < -0.4 is 9.54 Å². The van der Waals surface area contributed by atoms with Crippen molar-refractivity contribution >= 4 is 39.9 Å². The smallest absolute Gasteiger partial charge is 0.294 e. The number of furan rings is 1. The van der Waals surface area contributed by atoms with Crippen LogP contribution in [0, 0.1) is 10.1 Å². The summed E-state index contributed by atoms with van der Waals surface area (Å²) in [5.41, 5.74) is 1.82. The van der Waals surface area contributed by atoms with Crippen LogP contribution in [0.3, 0.4) is 0 Å². The Labute approximate surface area is 202 Å². The number of aromatic nitrogens is 1. The van der Waals surface area contributed by atoms with Gasteiger partial charge in [0.2, 0.25) is 4.80 Å². The van der Waals surface area contributed by atoms with Crippen LogP contribution in [0.5, 0.6) is 11.5 Å². The number of nitro benzene ring substituents is 1. The van der Waals surface area contributed by atoms with Gasteiger partial charge in [0.15, 0.2) is 5.76 Å². The minimum Gasteiger partial charge on any atom is -0.507 e. The van der Waals surface area contributed by atoms with Gasteiger partial charge in [-0.1, -0.05) is 30.3 Å². The Kier molecular flexibility index (Phi) is 5.86. The summed E-state index contributed by atoms with van der Waals surface area (Å²) in [4.78, 5) is 15.9. The van der Waals surface area contributed by atoms with Crippen LogP contribution in [-0.2, 0) is 0 Å². The zero-order valence-electron chi connectivity index (χ0n) is 18.4. The number of fused-ring (bicyclic) bond motifs is 1. The third kappa shape index (κ3) is 4.42. The first-order valence-corrected chi connectivity index (χ1v) is 11.3. The maximum Gasteiger partial charge on any atom is 0.294 e. The summed E-state index contributed by atoms with van der Waals surface area (Å²) in [6, 6.07) is 20.5. The van der Waals surface area contributed by atoms with E-state index in [1.54, 1.807) is 30.3 Å². The van der Waals surface area contributed by atoms with E-state index in [9.17, 15) is 15.2 Å². The highest BCUT2D eigenvalue weighted by Crippen LogP contribution is 2.30.